The minimum absolute atomic E-state index is 0.0965. The van der Waals surface area contributed by atoms with Crippen LogP contribution >= 0.6 is 0 Å². The zero-order valence-corrected chi connectivity index (χ0v) is 15.9. The van der Waals surface area contributed by atoms with Crippen molar-refractivity contribution in [2.24, 2.45) is 0 Å². The Labute approximate surface area is 167 Å². The van der Waals surface area contributed by atoms with Gasteiger partial charge in [0.1, 0.15) is 29.7 Å². The molecular weight excluding hydrogens is 379 g/mol. The third-order valence-electron chi connectivity index (χ3n) is 5.07. The molecule has 1 fully saturated rings. The summed E-state index contributed by atoms with van der Waals surface area (Å²) in [6.07, 6.45) is 3.13. The Hall–Kier alpha value is -3.08. The number of carboxylic acids is 1. The quantitative estimate of drug-likeness (QED) is 0.661. The monoisotopic (exact) mass is 400 g/mol. The smallest absolute Gasteiger partial charge is 0.522 e. The number of nitrogens with zero attached hydrogens (tertiary/aromatic N) is 4. The maximum absolute atomic E-state index is 12.3. The summed E-state index contributed by atoms with van der Waals surface area (Å²) >= 11 is 0. The summed E-state index contributed by atoms with van der Waals surface area (Å²) in [6, 6.07) is 3.36. The number of aromatic nitrogens is 3. The zero-order valence-electron chi connectivity index (χ0n) is 15.9. The van der Waals surface area contributed by atoms with Crippen LogP contribution in [0, 0.1) is 0 Å². The molecule has 2 N–H and O–H groups in total. The molecule has 2 aliphatic rings. The van der Waals surface area contributed by atoms with Gasteiger partial charge in [-0.25, -0.2) is 9.48 Å². The molecule has 0 aliphatic carbocycles. The van der Waals surface area contributed by atoms with Gasteiger partial charge in [-0.3, -0.25) is 4.79 Å². The van der Waals surface area contributed by atoms with Crippen molar-refractivity contribution < 1.29 is 29.1 Å². The molecule has 0 radical (unpaired) electrons. The van der Waals surface area contributed by atoms with Crippen LogP contribution in [0.5, 0.6) is 11.5 Å². The molecule has 1 saturated heterocycles. The standard InChI is InChI=1S/C18H21BN4O6/c1-2-12-7-23(21-20-12)10-15(24)22-8-13(9-22)28-14-4-3-11-5-6-19(27)29-17(11)16(14)18(25)26/h3-4,7,13,27H,2,5-6,8-10H2,1H3,(H,25,26). The molecule has 0 unspecified atom stereocenters. The first-order chi connectivity index (χ1) is 13.9. The van der Waals surface area contributed by atoms with Gasteiger partial charge in [0, 0.05) is 6.20 Å². The third-order valence-corrected chi connectivity index (χ3v) is 5.07. The fraction of sp³-hybridized carbons (Fsp3) is 0.444. The summed E-state index contributed by atoms with van der Waals surface area (Å²) in [6.45, 7) is 2.78. The Kier molecular flexibility index (Phi) is 5.14. The lowest BCUT2D eigenvalue weighted by Gasteiger charge is -2.39. The number of fused-ring (bicyclic) bond motifs is 1. The molecule has 3 heterocycles. The van der Waals surface area contributed by atoms with Crippen molar-refractivity contribution in [3.63, 3.8) is 0 Å². The molecule has 0 spiro atoms. The highest BCUT2D eigenvalue weighted by Crippen LogP contribution is 2.37. The molecule has 11 heteroatoms. The van der Waals surface area contributed by atoms with Gasteiger partial charge in [0.25, 0.3) is 0 Å². The highest BCUT2D eigenvalue weighted by Gasteiger charge is 2.35. The number of rotatable bonds is 6. The number of benzene rings is 1. The first-order valence-corrected chi connectivity index (χ1v) is 9.52. The van der Waals surface area contributed by atoms with E-state index in [-0.39, 0.29) is 35.6 Å². The first-order valence-electron chi connectivity index (χ1n) is 9.52. The van der Waals surface area contributed by atoms with Gasteiger partial charge in [-0.05, 0) is 30.8 Å². The zero-order chi connectivity index (χ0) is 20.5. The van der Waals surface area contributed by atoms with E-state index in [1.807, 2.05) is 6.92 Å². The summed E-state index contributed by atoms with van der Waals surface area (Å²) in [5, 5.41) is 27.2. The lowest BCUT2D eigenvalue weighted by Crippen LogP contribution is -2.57. The minimum Gasteiger partial charge on any atom is -0.535 e. The number of hydrogen-bond acceptors (Lipinski definition) is 7. The lowest BCUT2D eigenvalue weighted by molar-refractivity contribution is -0.140. The SMILES string of the molecule is CCc1cn(CC(=O)N2CC(Oc3ccc4c(c3C(=O)O)OB(O)CC4)C2)nn1. The molecule has 1 amide bonds. The molecule has 1 aromatic carbocycles. The van der Waals surface area contributed by atoms with Crippen molar-refractivity contribution in [3.8, 4) is 11.5 Å². The number of hydrogen-bond donors (Lipinski definition) is 2. The van der Waals surface area contributed by atoms with Gasteiger partial charge in [-0.1, -0.05) is 18.2 Å². The normalized spacial score (nSPS) is 16.1. The van der Waals surface area contributed by atoms with Crippen LogP contribution in [0.2, 0.25) is 6.32 Å². The van der Waals surface area contributed by atoms with E-state index in [4.69, 9.17) is 9.39 Å². The van der Waals surface area contributed by atoms with E-state index in [0.29, 0.717) is 25.8 Å². The number of aryl methyl sites for hydroxylation is 2. The van der Waals surface area contributed by atoms with Gasteiger partial charge in [-0.15, -0.1) is 5.10 Å². The van der Waals surface area contributed by atoms with Crippen LogP contribution in [0.4, 0.5) is 0 Å². The van der Waals surface area contributed by atoms with Crippen LogP contribution in [0.1, 0.15) is 28.5 Å². The van der Waals surface area contributed by atoms with Gasteiger partial charge >= 0.3 is 13.1 Å². The molecule has 2 aliphatic heterocycles. The Morgan fingerprint density at radius 2 is 2.17 bits per heavy atom. The molecule has 0 atom stereocenters. The van der Waals surface area contributed by atoms with Gasteiger partial charge in [0.05, 0.1) is 18.8 Å². The molecule has 152 valence electrons. The first kappa shape index (κ1) is 19.3. The summed E-state index contributed by atoms with van der Waals surface area (Å²) in [5.41, 5.74) is 1.45. The Bertz CT molecular complexity index is 942. The number of ether oxygens (including phenoxy) is 1. The van der Waals surface area contributed by atoms with Crippen molar-refractivity contribution in [1.29, 1.82) is 0 Å². The van der Waals surface area contributed by atoms with Crippen molar-refractivity contribution in [1.82, 2.24) is 19.9 Å². The van der Waals surface area contributed by atoms with Crippen molar-refractivity contribution in [3.05, 3.63) is 35.2 Å². The highest BCUT2D eigenvalue weighted by molar-refractivity contribution is 6.44. The molecule has 0 bridgehead atoms. The van der Waals surface area contributed by atoms with E-state index in [1.165, 1.54) is 4.68 Å². The maximum Gasteiger partial charge on any atom is 0.522 e. The Morgan fingerprint density at radius 1 is 1.38 bits per heavy atom. The fourth-order valence-electron chi connectivity index (χ4n) is 3.43. The van der Waals surface area contributed by atoms with Gasteiger partial charge < -0.3 is 24.4 Å². The summed E-state index contributed by atoms with van der Waals surface area (Å²) < 4.78 is 12.7. The van der Waals surface area contributed by atoms with Gasteiger partial charge in [0.2, 0.25) is 5.91 Å². The predicted octanol–water partition coefficient (Wildman–Crippen LogP) is 0.244. The van der Waals surface area contributed by atoms with Crippen LogP contribution in [-0.2, 0) is 24.2 Å². The van der Waals surface area contributed by atoms with Gasteiger partial charge in [0.15, 0.2) is 0 Å². The largest absolute Gasteiger partial charge is 0.535 e. The van der Waals surface area contributed by atoms with Gasteiger partial charge in [-0.2, -0.15) is 0 Å². The average Bonchev–Trinajstić information content (AvgIpc) is 3.10. The van der Waals surface area contributed by atoms with Crippen LogP contribution in [0.3, 0.4) is 0 Å². The molecule has 4 rings (SSSR count). The summed E-state index contributed by atoms with van der Waals surface area (Å²) in [7, 11) is -1.03. The van der Waals surface area contributed by atoms with Crippen molar-refractivity contribution in [2.45, 2.75) is 38.7 Å². The molecule has 29 heavy (non-hydrogen) atoms. The topological polar surface area (TPSA) is 127 Å². The lowest BCUT2D eigenvalue weighted by atomic mass is 9.78. The highest BCUT2D eigenvalue weighted by atomic mass is 16.5. The third kappa shape index (κ3) is 3.90. The molecule has 0 saturated carbocycles. The Balaban J connectivity index is 1.39. The average molecular weight is 400 g/mol. The minimum atomic E-state index is -1.18. The van der Waals surface area contributed by atoms with Crippen molar-refractivity contribution in [2.75, 3.05) is 13.1 Å². The van der Waals surface area contributed by atoms with Crippen LogP contribution in [0.15, 0.2) is 18.3 Å². The molecule has 10 nitrogen and oxygen atoms in total. The number of carboxylic acid groups (broad SMARTS) is 1. The van der Waals surface area contributed by atoms with E-state index < -0.39 is 13.1 Å². The van der Waals surface area contributed by atoms with E-state index in [1.54, 1.807) is 23.2 Å². The summed E-state index contributed by atoms with van der Waals surface area (Å²) in [4.78, 5) is 25.7. The van der Waals surface area contributed by atoms with Crippen LogP contribution in [0.25, 0.3) is 0 Å². The number of aromatic carboxylic acids is 1. The predicted molar refractivity (Wildman–Crippen MR) is 101 cm³/mol. The number of carbonyl (C=O) groups excluding carboxylic acids is 1. The fourth-order valence-corrected chi connectivity index (χ4v) is 3.43. The number of amides is 1. The second-order valence-electron chi connectivity index (χ2n) is 7.14. The van der Waals surface area contributed by atoms with Crippen LogP contribution < -0.4 is 9.39 Å². The number of likely N-dealkylation sites (tertiary alicyclic amines) is 1. The second kappa shape index (κ2) is 7.74. The number of carbonyl (C=O) groups is 2. The van der Waals surface area contributed by atoms with Crippen LogP contribution in [-0.4, -0.2) is 68.2 Å². The van der Waals surface area contributed by atoms with E-state index in [0.717, 1.165) is 17.7 Å². The maximum atomic E-state index is 12.3. The Morgan fingerprint density at radius 3 is 2.86 bits per heavy atom. The molecular formula is C18H21BN4O6. The molecule has 1 aromatic heterocycles. The second-order valence-corrected chi connectivity index (χ2v) is 7.14. The summed E-state index contributed by atoms with van der Waals surface area (Å²) in [5.74, 6) is -0.964. The van der Waals surface area contributed by atoms with E-state index in [9.17, 15) is 19.7 Å². The molecule has 2 aromatic rings. The van der Waals surface area contributed by atoms with E-state index in [2.05, 4.69) is 10.3 Å². The van der Waals surface area contributed by atoms with E-state index >= 15 is 0 Å². The van der Waals surface area contributed by atoms with Crippen molar-refractivity contribution >= 4 is 19.0 Å².